The van der Waals surface area contributed by atoms with E-state index in [9.17, 15) is 0 Å². The predicted octanol–water partition coefficient (Wildman–Crippen LogP) is 4.78. The molecule has 0 nitrogen and oxygen atoms in total. The molecule has 0 spiro atoms. The van der Waals surface area contributed by atoms with Crippen LogP contribution < -0.4 is 0 Å². The molecule has 0 atom stereocenters. The van der Waals surface area contributed by atoms with Crippen LogP contribution in [-0.4, -0.2) is 0 Å². The molecule has 0 aromatic carbocycles. The topological polar surface area (TPSA) is 0 Å². The third kappa shape index (κ3) is 12.6. The number of hydrogen-bond donors (Lipinski definition) is 0. The predicted molar refractivity (Wildman–Crippen MR) is 57.8 cm³/mol. The summed E-state index contributed by atoms with van der Waals surface area (Å²) in [4.78, 5) is 0. The maximum absolute atomic E-state index is 2.34. The molecule has 0 bridgehead atoms. The monoisotopic (exact) mass is 234 g/mol. The van der Waals surface area contributed by atoms with E-state index in [4.69, 9.17) is 0 Å². The Labute approximate surface area is 92.5 Å². The molecule has 0 heterocycles. The van der Waals surface area contributed by atoms with Gasteiger partial charge in [0.25, 0.3) is 0 Å². The Kier molecular flexibility index (Phi) is 9.63. The van der Waals surface area contributed by atoms with Crippen molar-refractivity contribution in [2.75, 3.05) is 0 Å². The zero-order valence-corrected chi connectivity index (χ0v) is 13.1. The Balaban J connectivity index is 2.92. The molecule has 13 heavy (non-hydrogen) atoms. The summed E-state index contributed by atoms with van der Waals surface area (Å²) in [5, 5.41) is 3.28. The van der Waals surface area contributed by atoms with E-state index in [0.29, 0.717) is 0 Å². The van der Waals surface area contributed by atoms with Gasteiger partial charge in [-0.15, -0.1) is 0 Å². The summed E-state index contributed by atoms with van der Waals surface area (Å²) in [6, 6.07) is 0. The Morgan fingerprint density at radius 2 is 1.15 bits per heavy atom. The van der Waals surface area contributed by atoms with Crippen LogP contribution in [0.4, 0.5) is 0 Å². The fourth-order valence-corrected chi connectivity index (χ4v) is 5.07. The van der Waals surface area contributed by atoms with Crippen molar-refractivity contribution in [2.24, 2.45) is 11.8 Å². The summed E-state index contributed by atoms with van der Waals surface area (Å²) in [6.07, 6.45) is 5.99. The van der Waals surface area contributed by atoms with E-state index >= 15 is 0 Å². The second kappa shape index (κ2) is 9.19. The molecule has 0 saturated heterocycles. The molecule has 0 fully saturated rings. The van der Waals surface area contributed by atoms with Crippen molar-refractivity contribution in [2.45, 2.75) is 63.4 Å². The molecule has 0 saturated carbocycles. The fourth-order valence-electron chi connectivity index (χ4n) is 1.64. The van der Waals surface area contributed by atoms with Gasteiger partial charge in [0, 0.05) is 0 Å². The van der Waals surface area contributed by atoms with Crippen molar-refractivity contribution in [1.29, 1.82) is 0 Å². The van der Waals surface area contributed by atoms with Gasteiger partial charge in [0.1, 0.15) is 0 Å². The first-order valence-corrected chi connectivity index (χ1v) is 10.3. The van der Waals surface area contributed by atoms with Crippen LogP contribution >= 0.6 is 0 Å². The fraction of sp³-hybridized carbons (Fsp3) is 1.00. The molecule has 0 aromatic rings. The van der Waals surface area contributed by atoms with Gasteiger partial charge in [-0.05, 0) is 0 Å². The minimum atomic E-state index is -0.0710. The van der Waals surface area contributed by atoms with Crippen LogP contribution in [0.15, 0.2) is 0 Å². The SMILES string of the molecule is CC(C)CC[CH2][Zn][CH2]CCC(C)C. The second-order valence-corrected chi connectivity index (χ2v) is 9.58. The van der Waals surface area contributed by atoms with Crippen LogP contribution in [0.5, 0.6) is 0 Å². The zero-order chi connectivity index (χ0) is 10.1. The summed E-state index contributed by atoms with van der Waals surface area (Å²) in [6.45, 7) is 9.36. The third-order valence-corrected chi connectivity index (χ3v) is 6.76. The summed E-state index contributed by atoms with van der Waals surface area (Å²) in [5.74, 6) is 1.86. The van der Waals surface area contributed by atoms with E-state index in [1.165, 1.54) is 25.7 Å². The van der Waals surface area contributed by atoms with Gasteiger partial charge in [0.15, 0.2) is 0 Å². The van der Waals surface area contributed by atoms with E-state index in [2.05, 4.69) is 27.7 Å². The van der Waals surface area contributed by atoms with Crippen LogP contribution in [0, 0.1) is 11.8 Å². The van der Waals surface area contributed by atoms with Crippen molar-refractivity contribution in [3.8, 4) is 0 Å². The van der Waals surface area contributed by atoms with Crippen molar-refractivity contribution >= 4 is 0 Å². The standard InChI is InChI=1S/2C6H13.Zn/c2*1-4-5-6(2)3;/h2*6H,1,4-5H2,2-3H3;. The van der Waals surface area contributed by atoms with Gasteiger partial charge in [0.05, 0.1) is 0 Å². The number of hydrogen-bond acceptors (Lipinski definition) is 0. The molecule has 0 unspecified atom stereocenters. The first-order valence-electron chi connectivity index (χ1n) is 6.13. The molecule has 0 amide bonds. The summed E-state index contributed by atoms with van der Waals surface area (Å²) < 4.78 is 0. The molecule has 0 rings (SSSR count). The molecule has 0 aromatic heterocycles. The molecule has 0 aliphatic heterocycles. The van der Waals surface area contributed by atoms with Gasteiger partial charge in [-0.1, -0.05) is 0 Å². The van der Waals surface area contributed by atoms with Crippen molar-refractivity contribution in [3.63, 3.8) is 0 Å². The zero-order valence-electron chi connectivity index (χ0n) is 10.1. The van der Waals surface area contributed by atoms with Gasteiger partial charge in [-0.25, -0.2) is 0 Å². The third-order valence-electron chi connectivity index (χ3n) is 2.56. The Bertz CT molecular complexity index is 85.3. The summed E-state index contributed by atoms with van der Waals surface area (Å²) in [5.41, 5.74) is 0. The van der Waals surface area contributed by atoms with Crippen molar-refractivity contribution < 1.29 is 17.1 Å². The molecular formula is C12H26Zn. The molecular weight excluding hydrogens is 210 g/mol. The summed E-state index contributed by atoms with van der Waals surface area (Å²) in [7, 11) is 0. The maximum atomic E-state index is 2.34. The van der Waals surface area contributed by atoms with Crippen molar-refractivity contribution in [3.05, 3.63) is 0 Å². The van der Waals surface area contributed by atoms with E-state index in [-0.39, 0.29) is 17.1 Å². The molecule has 76 valence electrons. The van der Waals surface area contributed by atoms with Crippen LogP contribution in [0.2, 0.25) is 10.0 Å². The number of rotatable bonds is 8. The average molecular weight is 236 g/mol. The van der Waals surface area contributed by atoms with Gasteiger partial charge in [-0.3, -0.25) is 0 Å². The van der Waals surface area contributed by atoms with E-state index in [0.717, 1.165) is 11.8 Å². The quantitative estimate of drug-likeness (QED) is 0.420. The van der Waals surface area contributed by atoms with Crippen LogP contribution in [0.3, 0.4) is 0 Å². The normalized spacial score (nSPS) is 10.9. The first-order chi connectivity index (χ1) is 6.13. The minimum absolute atomic E-state index is 0.0710. The second-order valence-electron chi connectivity index (χ2n) is 5.13. The average Bonchev–Trinajstić information content (AvgIpc) is 2.01. The Morgan fingerprint density at radius 3 is 1.46 bits per heavy atom. The summed E-state index contributed by atoms with van der Waals surface area (Å²) >= 11 is -0.0710. The van der Waals surface area contributed by atoms with E-state index in [1.54, 1.807) is 10.0 Å². The van der Waals surface area contributed by atoms with Gasteiger partial charge >= 0.3 is 92.4 Å². The van der Waals surface area contributed by atoms with E-state index < -0.39 is 0 Å². The molecule has 0 aliphatic carbocycles. The molecule has 0 radical (unpaired) electrons. The molecule has 1 heteroatoms. The Hall–Kier alpha value is 0.623. The van der Waals surface area contributed by atoms with Crippen LogP contribution in [-0.2, 0) is 17.1 Å². The molecule has 0 aliphatic rings. The van der Waals surface area contributed by atoms with E-state index in [1.807, 2.05) is 0 Å². The van der Waals surface area contributed by atoms with Gasteiger partial charge in [0.2, 0.25) is 0 Å². The van der Waals surface area contributed by atoms with Crippen LogP contribution in [0.25, 0.3) is 0 Å². The molecule has 0 N–H and O–H groups in total. The van der Waals surface area contributed by atoms with Gasteiger partial charge < -0.3 is 0 Å². The first kappa shape index (κ1) is 13.6. The van der Waals surface area contributed by atoms with Crippen LogP contribution in [0.1, 0.15) is 53.4 Å². The Morgan fingerprint density at radius 1 is 0.769 bits per heavy atom. The van der Waals surface area contributed by atoms with Crippen molar-refractivity contribution in [1.82, 2.24) is 0 Å². The van der Waals surface area contributed by atoms with Gasteiger partial charge in [-0.2, -0.15) is 0 Å².